The van der Waals surface area contributed by atoms with Gasteiger partial charge in [-0.2, -0.15) is 0 Å². The molecule has 8 heteroatoms. The number of amides is 2. The van der Waals surface area contributed by atoms with E-state index in [-0.39, 0.29) is 28.9 Å². The first-order chi connectivity index (χ1) is 14.8. The average Bonchev–Trinajstić information content (AvgIpc) is 3.35. The summed E-state index contributed by atoms with van der Waals surface area (Å²) >= 11 is 6.24. The van der Waals surface area contributed by atoms with Gasteiger partial charge >= 0.3 is 0 Å². The van der Waals surface area contributed by atoms with Gasteiger partial charge in [-0.05, 0) is 50.2 Å². The molecule has 0 radical (unpaired) electrons. The maximum atomic E-state index is 12.3. The lowest BCUT2D eigenvalue weighted by molar-refractivity contribution is -0.118. The van der Waals surface area contributed by atoms with Gasteiger partial charge in [0.15, 0.2) is 23.9 Å². The number of rotatable bonds is 6. The highest BCUT2D eigenvalue weighted by Crippen LogP contribution is 2.41. The number of furan rings is 1. The maximum Gasteiger partial charge on any atom is 0.291 e. The van der Waals surface area contributed by atoms with Crippen molar-refractivity contribution >= 4 is 34.8 Å². The number of hydrogen-bond acceptors (Lipinski definition) is 5. The third-order valence-corrected chi connectivity index (χ3v) is 4.97. The summed E-state index contributed by atoms with van der Waals surface area (Å²) in [5.41, 5.74) is 1.64. The van der Waals surface area contributed by atoms with Crippen molar-refractivity contribution in [3.05, 3.63) is 71.1 Å². The van der Waals surface area contributed by atoms with Crippen molar-refractivity contribution in [1.29, 1.82) is 0 Å². The minimum Gasteiger partial charge on any atom is -0.483 e. The van der Waals surface area contributed by atoms with Crippen LogP contribution in [0.4, 0.5) is 11.4 Å². The molecular formula is C23H21ClN2O5. The molecule has 2 aromatic carbocycles. The summed E-state index contributed by atoms with van der Waals surface area (Å²) in [5, 5.41) is 5.65. The Hall–Kier alpha value is -3.45. The molecule has 1 aliphatic rings. The molecule has 0 spiro atoms. The second-order valence-corrected chi connectivity index (χ2v) is 8.15. The van der Waals surface area contributed by atoms with E-state index in [1.807, 2.05) is 26.0 Å². The highest BCUT2D eigenvalue weighted by molar-refractivity contribution is 6.34. The number of carbonyl (C=O) groups is 2. The summed E-state index contributed by atoms with van der Waals surface area (Å²) in [4.78, 5) is 24.4. The Bertz CT molecular complexity index is 1130. The largest absolute Gasteiger partial charge is 0.483 e. The van der Waals surface area contributed by atoms with Crippen LogP contribution in [-0.2, 0) is 11.2 Å². The van der Waals surface area contributed by atoms with Crippen molar-refractivity contribution < 1.29 is 23.5 Å². The highest BCUT2D eigenvalue weighted by Gasteiger charge is 2.32. The molecule has 0 bridgehead atoms. The lowest BCUT2D eigenvalue weighted by Crippen LogP contribution is -2.25. The molecule has 2 heterocycles. The van der Waals surface area contributed by atoms with E-state index in [4.69, 9.17) is 25.5 Å². The quantitative estimate of drug-likeness (QED) is 0.568. The van der Waals surface area contributed by atoms with Gasteiger partial charge < -0.3 is 24.5 Å². The molecular weight excluding hydrogens is 420 g/mol. The number of anilines is 2. The van der Waals surface area contributed by atoms with E-state index in [1.54, 1.807) is 36.4 Å². The zero-order valence-electron chi connectivity index (χ0n) is 17.0. The van der Waals surface area contributed by atoms with E-state index in [0.717, 1.165) is 12.0 Å². The summed E-state index contributed by atoms with van der Waals surface area (Å²) in [7, 11) is 0. The number of carbonyl (C=O) groups excluding carboxylic acids is 2. The van der Waals surface area contributed by atoms with Gasteiger partial charge in [0.05, 0.1) is 17.0 Å². The van der Waals surface area contributed by atoms with Crippen molar-refractivity contribution in [2.45, 2.75) is 25.9 Å². The molecule has 0 saturated heterocycles. The molecule has 1 aromatic heterocycles. The van der Waals surface area contributed by atoms with Gasteiger partial charge in [-0.25, -0.2) is 0 Å². The van der Waals surface area contributed by atoms with Gasteiger partial charge in [-0.15, -0.1) is 0 Å². The molecule has 0 atom stereocenters. The van der Waals surface area contributed by atoms with Gasteiger partial charge in [-0.1, -0.05) is 23.7 Å². The fourth-order valence-electron chi connectivity index (χ4n) is 3.33. The number of para-hydroxylation sites is 1. The van der Waals surface area contributed by atoms with Gasteiger partial charge in [0.1, 0.15) is 5.60 Å². The minimum atomic E-state index is -0.419. The lowest BCUT2D eigenvalue weighted by atomic mass is 10.0. The molecule has 0 fully saturated rings. The molecule has 31 heavy (non-hydrogen) atoms. The summed E-state index contributed by atoms with van der Waals surface area (Å²) in [6.45, 7) is 3.83. The van der Waals surface area contributed by atoms with Gasteiger partial charge in [0.25, 0.3) is 11.8 Å². The third-order valence-electron chi connectivity index (χ3n) is 4.66. The molecule has 1 aliphatic heterocycles. The van der Waals surface area contributed by atoms with Crippen LogP contribution in [0.5, 0.6) is 11.5 Å². The third kappa shape index (κ3) is 4.83. The Morgan fingerprint density at radius 1 is 1.13 bits per heavy atom. The zero-order valence-corrected chi connectivity index (χ0v) is 17.8. The molecule has 0 aliphatic carbocycles. The number of fused-ring (bicyclic) bond motifs is 1. The summed E-state index contributed by atoms with van der Waals surface area (Å²) in [6.07, 6.45) is 2.20. The van der Waals surface area contributed by atoms with E-state index >= 15 is 0 Å². The number of benzene rings is 2. The second kappa shape index (κ2) is 8.35. The number of ether oxygens (including phenoxy) is 2. The van der Waals surface area contributed by atoms with Gasteiger partial charge in [0, 0.05) is 17.7 Å². The fraction of sp³-hybridized carbons (Fsp3) is 0.217. The van der Waals surface area contributed by atoms with Gasteiger partial charge in [0.2, 0.25) is 0 Å². The predicted octanol–water partition coefficient (Wildman–Crippen LogP) is 4.92. The molecule has 4 rings (SSSR count). The lowest BCUT2D eigenvalue weighted by Gasteiger charge is -2.18. The Balaban J connectivity index is 1.35. The smallest absolute Gasteiger partial charge is 0.291 e. The van der Waals surface area contributed by atoms with Crippen LogP contribution < -0.4 is 20.1 Å². The Kier molecular flexibility index (Phi) is 5.61. The van der Waals surface area contributed by atoms with Crippen LogP contribution in [-0.4, -0.2) is 24.0 Å². The molecule has 0 unspecified atom stereocenters. The Labute approximate surface area is 184 Å². The number of hydrogen-bond donors (Lipinski definition) is 2. The monoisotopic (exact) mass is 440 g/mol. The van der Waals surface area contributed by atoms with Crippen molar-refractivity contribution in [3.8, 4) is 11.5 Å². The summed E-state index contributed by atoms with van der Waals surface area (Å²) in [5.74, 6) is 0.619. The molecule has 2 amide bonds. The van der Waals surface area contributed by atoms with Crippen LogP contribution in [0.1, 0.15) is 30.0 Å². The van der Waals surface area contributed by atoms with E-state index < -0.39 is 5.91 Å². The first-order valence-corrected chi connectivity index (χ1v) is 10.1. The van der Waals surface area contributed by atoms with Crippen LogP contribution >= 0.6 is 11.6 Å². The molecule has 7 nitrogen and oxygen atoms in total. The fourth-order valence-corrected chi connectivity index (χ4v) is 3.56. The molecule has 3 aromatic rings. The van der Waals surface area contributed by atoms with E-state index in [9.17, 15) is 9.59 Å². The predicted molar refractivity (Wildman–Crippen MR) is 117 cm³/mol. The van der Waals surface area contributed by atoms with Crippen molar-refractivity contribution in [2.75, 3.05) is 17.2 Å². The summed E-state index contributed by atoms with van der Waals surface area (Å²) in [6, 6.07) is 13.6. The Morgan fingerprint density at radius 2 is 1.97 bits per heavy atom. The first kappa shape index (κ1) is 20.8. The number of halogens is 1. The van der Waals surface area contributed by atoms with Crippen LogP contribution in [0.15, 0.2) is 59.2 Å². The SMILES string of the molecule is CC1(C)Cc2cccc(OCC(=O)Nc3ccc(NC(=O)c4ccco4)c(Cl)c3)c2O1. The van der Waals surface area contributed by atoms with Crippen molar-refractivity contribution in [1.82, 2.24) is 0 Å². The van der Waals surface area contributed by atoms with Crippen LogP contribution in [0.3, 0.4) is 0 Å². The average molecular weight is 441 g/mol. The van der Waals surface area contributed by atoms with Crippen LogP contribution in [0.25, 0.3) is 0 Å². The normalized spacial score (nSPS) is 13.8. The molecule has 160 valence electrons. The van der Waals surface area contributed by atoms with E-state index in [2.05, 4.69) is 10.6 Å². The van der Waals surface area contributed by atoms with Crippen LogP contribution in [0.2, 0.25) is 5.02 Å². The van der Waals surface area contributed by atoms with Crippen molar-refractivity contribution in [3.63, 3.8) is 0 Å². The zero-order chi connectivity index (χ0) is 22.0. The first-order valence-electron chi connectivity index (χ1n) is 9.69. The number of nitrogens with one attached hydrogen (secondary N) is 2. The Morgan fingerprint density at radius 3 is 2.71 bits per heavy atom. The van der Waals surface area contributed by atoms with E-state index in [1.165, 1.54) is 6.26 Å². The standard InChI is InChI=1S/C23H21ClN2O5/c1-23(2)12-14-5-3-6-18(21(14)31-23)30-13-20(27)25-15-8-9-17(16(24)11-15)26-22(28)19-7-4-10-29-19/h3-11H,12-13H2,1-2H3,(H,25,27)(H,26,28). The van der Waals surface area contributed by atoms with Crippen LogP contribution in [0, 0.1) is 0 Å². The summed E-state index contributed by atoms with van der Waals surface area (Å²) < 4.78 is 16.7. The maximum absolute atomic E-state index is 12.3. The van der Waals surface area contributed by atoms with Gasteiger partial charge in [-0.3, -0.25) is 9.59 Å². The van der Waals surface area contributed by atoms with E-state index in [0.29, 0.717) is 22.9 Å². The molecule has 0 saturated carbocycles. The van der Waals surface area contributed by atoms with Crippen molar-refractivity contribution in [2.24, 2.45) is 0 Å². The topological polar surface area (TPSA) is 89.8 Å². The molecule has 2 N–H and O–H groups in total. The highest BCUT2D eigenvalue weighted by atomic mass is 35.5. The second-order valence-electron chi connectivity index (χ2n) is 7.75. The minimum absolute atomic E-state index is 0.172.